The summed E-state index contributed by atoms with van der Waals surface area (Å²) in [6.45, 7) is 0.568. The van der Waals surface area contributed by atoms with Crippen molar-refractivity contribution in [2.24, 2.45) is 5.92 Å². The number of benzene rings is 2. The van der Waals surface area contributed by atoms with Gasteiger partial charge in [-0.3, -0.25) is 4.79 Å². The van der Waals surface area contributed by atoms with Crippen LogP contribution in [-0.2, 0) is 20.6 Å². The van der Waals surface area contributed by atoms with Gasteiger partial charge in [0.05, 0.1) is 24.5 Å². The lowest BCUT2D eigenvalue weighted by molar-refractivity contribution is -0.120. The van der Waals surface area contributed by atoms with E-state index in [9.17, 15) is 13.2 Å². The summed E-state index contributed by atoms with van der Waals surface area (Å²) in [6.07, 6.45) is 1.27. The molecular formula is C20H23ClN2O4S. The first-order valence-electron chi connectivity index (χ1n) is 9.06. The third kappa shape index (κ3) is 4.84. The molecule has 0 unspecified atom stereocenters. The van der Waals surface area contributed by atoms with Crippen LogP contribution in [0.25, 0.3) is 0 Å². The Morgan fingerprint density at radius 1 is 1.21 bits per heavy atom. The summed E-state index contributed by atoms with van der Waals surface area (Å²) in [5.74, 6) is -0.232. The van der Waals surface area contributed by atoms with E-state index in [0.717, 1.165) is 0 Å². The Balaban J connectivity index is 1.69. The van der Waals surface area contributed by atoms with Gasteiger partial charge in [0.15, 0.2) is 0 Å². The molecule has 150 valence electrons. The van der Waals surface area contributed by atoms with E-state index in [1.165, 1.54) is 11.4 Å². The Hall–Kier alpha value is -2.09. The van der Waals surface area contributed by atoms with Crippen LogP contribution in [0.1, 0.15) is 18.4 Å². The molecule has 1 aliphatic rings. The van der Waals surface area contributed by atoms with Gasteiger partial charge in [0, 0.05) is 18.1 Å². The van der Waals surface area contributed by atoms with Crippen molar-refractivity contribution in [2.75, 3.05) is 25.5 Å². The van der Waals surface area contributed by atoms with E-state index in [0.29, 0.717) is 41.4 Å². The van der Waals surface area contributed by atoms with E-state index in [1.54, 1.807) is 42.5 Å². The van der Waals surface area contributed by atoms with E-state index >= 15 is 0 Å². The van der Waals surface area contributed by atoms with E-state index < -0.39 is 15.9 Å². The molecule has 0 radical (unpaired) electrons. The molecule has 28 heavy (non-hydrogen) atoms. The largest absolute Gasteiger partial charge is 0.495 e. The molecule has 2 aromatic rings. The Morgan fingerprint density at radius 3 is 2.68 bits per heavy atom. The molecule has 1 heterocycles. The van der Waals surface area contributed by atoms with Gasteiger partial charge in [0.1, 0.15) is 5.75 Å². The molecule has 6 nitrogen and oxygen atoms in total. The van der Waals surface area contributed by atoms with E-state index in [4.69, 9.17) is 16.3 Å². The fourth-order valence-corrected chi connectivity index (χ4v) is 5.22. The molecule has 1 aliphatic heterocycles. The van der Waals surface area contributed by atoms with Crippen LogP contribution in [0.5, 0.6) is 5.75 Å². The number of hydrogen-bond acceptors (Lipinski definition) is 4. The second kappa shape index (κ2) is 8.94. The summed E-state index contributed by atoms with van der Waals surface area (Å²) in [4.78, 5) is 12.7. The van der Waals surface area contributed by atoms with Crippen molar-refractivity contribution in [1.29, 1.82) is 0 Å². The van der Waals surface area contributed by atoms with Gasteiger partial charge in [-0.2, -0.15) is 0 Å². The van der Waals surface area contributed by atoms with Crippen LogP contribution in [0.3, 0.4) is 0 Å². The minimum Gasteiger partial charge on any atom is -0.495 e. The maximum atomic E-state index is 12.8. The predicted molar refractivity (Wildman–Crippen MR) is 110 cm³/mol. The number of nitrogens with zero attached hydrogens (tertiary/aromatic N) is 1. The fourth-order valence-electron chi connectivity index (χ4n) is 3.30. The van der Waals surface area contributed by atoms with Gasteiger partial charge >= 0.3 is 0 Å². The molecule has 0 bridgehead atoms. The Labute approximate surface area is 170 Å². The zero-order valence-corrected chi connectivity index (χ0v) is 17.2. The lowest BCUT2D eigenvalue weighted by atomic mass is 9.98. The van der Waals surface area contributed by atoms with Crippen molar-refractivity contribution >= 4 is 33.2 Å². The van der Waals surface area contributed by atoms with Crippen LogP contribution < -0.4 is 10.1 Å². The molecule has 1 atom stereocenters. The summed E-state index contributed by atoms with van der Waals surface area (Å²) in [5.41, 5.74) is 1.14. The standard InChI is InChI=1S/C20H23ClN2O4S/c1-27-19-11-5-4-10-18(19)22-20(24)15-8-6-12-23(13-15)28(25,26)14-16-7-2-3-9-17(16)21/h2-5,7,9-11,15H,6,8,12-14H2,1H3,(H,22,24)/t15-/m0/s1. The minimum absolute atomic E-state index is 0.160. The Bertz CT molecular complexity index is 949. The number of ether oxygens (including phenoxy) is 1. The summed E-state index contributed by atoms with van der Waals surface area (Å²) in [5, 5.41) is 3.28. The number of para-hydroxylation sites is 2. The molecular weight excluding hydrogens is 400 g/mol. The number of hydrogen-bond donors (Lipinski definition) is 1. The van der Waals surface area contributed by atoms with Crippen molar-refractivity contribution in [3.05, 3.63) is 59.1 Å². The van der Waals surface area contributed by atoms with E-state index in [2.05, 4.69) is 5.32 Å². The molecule has 1 fully saturated rings. The summed E-state index contributed by atoms with van der Waals surface area (Å²) in [7, 11) is -2.03. The highest BCUT2D eigenvalue weighted by Crippen LogP contribution is 2.27. The van der Waals surface area contributed by atoms with Gasteiger partial charge in [-0.05, 0) is 36.6 Å². The molecule has 1 N–H and O–H groups in total. The number of sulfonamides is 1. The van der Waals surface area contributed by atoms with Gasteiger partial charge in [-0.15, -0.1) is 0 Å². The highest BCUT2D eigenvalue weighted by molar-refractivity contribution is 7.88. The molecule has 1 amide bonds. The Morgan fingerprint density at radius 2 is 1.93 bits per heavy atom. The number of nitrogens with one attached hydrogen (secondary N) is 1. The molecule has 8 heteroatoms. The maximum Gasteiger partial charge on any atom is 0.228 e. The average molecular weight is 423 g/mol. The predicted octanol–water partition coefficient (Wildman–Crippen LogP) is 3.53. The normalized spacial score (nSPS) is 17.9. The number of carbonyl (C=O) groups is 1. The highest BCUT2D eigenvalue weighted by atomic mass is 35.5. The molecule has 1 saturated heterocycles. The topological polar surface area (TPSA) is 75.7 Å². The molecule has 3 rings (SSSR count). The van der Waals surface area contributed by atoms with E-state index in [1.807, 2.05) is 6.07 Å². The van der Waals surface area contributed by atoms with Crippen LogP contribution >= 0.6 is 11.6 Å². The Kier molecular flexibility index (Phi) is 6.59. The molecule has 0 aliphatic carbocycles. The van der Waals surface area contributed by atoms with Gasteiger partial charge < -0.3 is 10.1 Å². The third-order valence-corrected chi connectivity index (χ3v) is 6.97. The van der Waals surface area contributed by atoms with Crippen molar-refractivity contribution < 1.29 is 17.9 Å². The van der Waals surface area contributed by atoms with Crippen molar-refractivity contribution in [2.45, 2.75) is 18.6 Å². The SMILES string of the molecule is COc1ccccc1NC(=O)[C@H]1CCCN(S(=O)(=O)Cc2ccccc2Cl)C1. The number of methoxy groups -OCH3 is 1. The van der Waals surface area contributed by atoms with E-state index in [-0.39, 0.29) is 18.2 Å². The van der Waals surface area contributed by atoms with Gasteiger partial charge in [-0.25, -0.2) is 12.7 Å². The van der Waals surface area contributed by atoms with Crippen molar-refractivity contribution in [3.8, 4) is 5.75 Å². The van der Waals surface area contributed by atoms with Crippen LogP contribution in [0.4, 0.5) is 5.69 Å². The third-order valence-electron chi connectivity index (χ3n) is 4.81. The van der Waals surface area contributed by atoms with Crippen LogP contribution in [-0.4, -0.2) is 38.8 Å². The smallest absolute Gasteiger partial charge is 0.228 e. The number of carbonyl (C=O) groups excluding carboxylic acids is 1. The summed E-state index contributed by atoms with van der Waals surface area (Å²) < 4.78 is 32.3. The second-order valence-electron chi connectivity index (χ2n) is 6.73. The van der Waals surface area contributed by atoms with Gasteiger partial charge in [-0.1, -0.05) is 41.9 Å². The second-order valence-corrected chi connectivity index (χ2v) is 9.11. The molecule has 0 aromatic heterocycles. The van der Waals surface area contributed by atoms with Crippen LogP contribution in [0.2, 0.25) is 5.02 Å². The first-order valence-corrected chi connectivity index (χ1v) is 11.0. The number of rotatable bonds is 6. The highest BCUT2D eigenvalue weighted by Gasteiger charge is 2.33. The number of piperidine rings is 1. The quantitative estimate of drug-likeness (QED) is 0.772. The first-order chi connectivity index (χ1) is 13.4. The van der Waals surface area contributed by atoms with Crippen LogP contribution in [0.15, 0.2) is 48.5 Å². The van der Waals surface area contributed by atoms with Gasteiger partial charge in [0.25, 0.3) is 0 Å². The van der Waals surface area contributed by atoms with Crippen LogP contribution in [0, 0.1) is 5.92 Å². The number of anilines is 1. The van der Waals surface area contributed by atoms with Crippen molar-refractivity contribution in [1.82, 2.24) is 4.31 Å². The fraction of sp³-hybridized carbons (Fsp3) is 0.350. The average Bonchev–Trinajstić information content (AvgIpc) is 2.70. The first kappa shape index (κ1) is 20.6. The lowest BCUT2D eigenvalue weighted by Crippen LogP contribution is -2.44. The zero-order chi connectivity index (χ0) is 20.1. The summed E-state index contributed by atoms with van der Waals surface area (Å²) in [6, 6.07) is 14.0. The van der Waals surface area contributed by atoms with Gasteiger partial charge in [0.2, 0.25) is 15.9 Å². The monoisotopic (exact) mass is 422 g/mol. The number of halogens is 1. The maximum absolute atomic E-state index is 12.8. The van der Waals surface area contributed by atoms with Crippen molar-refractivity contribution in [3.63, 3.8) is 0 Å². The molecule has 2 aromatic carbocycles. The minimum atomic E-state index is -3.57. The lowest BCUT2D eigenvalue weighted by Gasteiger charge is -2.31. The summed E-state index contributed by atoms with van der Waals surface area (Å²) >= 11 is 6.11. The molecule has 0 saturated carbocycles. The number of amides is 1. The zero-order valence-electron chi connectivity index (χ0n) is 15.6. The molecule has 0 spiro atoms.